The van der Waals surface area contributed by atoms with Crippen LogP contribution in [0.4, 0.5) is 4.79 Å². The fourth-order valence-electron chi connectivity index (χ4n) is 6.86. The number of amides is 4. The second kappa shape index (κ2) is 15.2. The van der Waals surface area contributed by atoms with Crippen molar-refractivity contribution in [2.45, 2.75) is 95.4 Å². The Morgan fingerprint density at radius 3 is 2.36 bits per heavy atom. The predicted octanol–water partition coefficient (Wildman–Crippen LogP) is 4.48. The summed E-state index contributed by atoms with van der Waals surface area (Å²) in [6.07, 6.45) is -0.297. The number of aromatic nitrogens is 1. The van der Waals surface area contributed by atoms with Crippen molar-refractivity contribution in [1.82, 2.24) is 25.2 Å². The third kappa shape index (κ3) is 8.56. The van der Waals surface area contributed by atoms with E-state index in [1.165, 1.54) is 11.0 Å². The number of fused-ring (bicyclic) bond motifs is 1. The third-order valence-electron chi connectivity index (χ3n) is 10.1. The van der Waals surface area contributed by atoms with Gasteiger partial charge in [-0.3, -0.25) is 19.1 Å². The molecule has 1 unspecified atom stereocenters. The Bertz CT molecular complexity index is 2100. The Morgan fingerprint density at radius 2 is 1.76 bits per heavy atom. The molecular weight excluding hydrogens is 727 g/mol. The summed E-state index contributed by atoms with van der Waals surface area (Å²) in [6, 6.07) is 15.3. The molecule has 2 aliphatic carbocycles. The molecule has 3 aromatic rings. The lowest BCUT2D eigenvalue weighted by molar-refractivity contribution is -0.150. The summed E-state index contributed by atoms with van der Waals surface area (Å²) in [5.74, 6) is -1.64. The van der Waals surface area contributed by atoms with Crippen molar-refractivity contribution >= 4 is 44.7 Å². The molecule has 0 bridgehead atoms. The van der Waals surface area contributed by atoms with Crippen LogP contribution in [0.5, 0.6) is 11.5 Å². The molecule has 1 saturated heterocycles. The number of alkyl carbamates (subject to hydrolysis) is 1. The van der Waals surface area contributed by atoms with Crippen molar-refractivity contribution in [2.75, 3.05) is 13.7 Å². The minimum Gasteiger partial charge on any atom is -0.497 e. The maximum absolute atomic E-state index is 14.5. The lowest BCUT2D eigenvalue weighted by atomic mass is 9.88. The molecule has 4 amide bonds. The summed E-state index contributed by atoms with van der Waals surface area (Å²) in [5, 5.41) is 5.47. The van der Waals surface area contributed by atoms with E-state index in [0.717, 1.165) is 5.56 Å². The van der Waals surface area contributed by atoms with Crippen molar-refractivity contribution in [2.24, 2.45) is 11.3 Å². The molecular formula is C40H49N5O9S. The number of sulfonamides is 1. The summed E-state index contributed by atoms with van der Waals surface area (Å²) < 4.78 is 45.5. The first-order valence-corrected chi connectivity index (χ1v) is 20.0. The number of nitrogens with zero attached hydrogens (tertiary/aromatic N) is 2. The summed E-state index contributed by atoms with van der Waals surface area (Å²) in [4.78, 5) is 61.5. The molecule has 3 aliphatic rings. The SMILES string of the molecule is C=C[C@@H]1C[C@]1(NC(=O)[C@@H]1C[C@@H](Oc2cc(-c3ccccc3)nc3cc(OC)ccc23)CN1C(=O)C(OC(=O)NC(C)C)C(C)(C)C)C(=O)NS(=O)(=O)C1CC1. The molecule has 1 aliphatic heterocycles. The van der Waals surface area contributed by atoms with Gasteiger partial charge in [-0.05, 0) is 45.2 Å². The molecule has 6 rings (SSSR count). The smallest absolute Gasteiger partial charge is 0.408 e. The van der Waals surface area contributed by atoms with Gasteiger partial charge < -0.3 is 29.7 Å². The Morgan fingerprint density at radius 1 is 1.05 bits per heavy atom. The van der Waals surface area contributed by atoms with Gasteiger partial charge >= 0.3 is 6.09 Å². The maximum atomic E-state index is 14.5. The van der Waals surface area contributed by atoms with Crippen LogP contribution in [-0.4, -0.2) is 90.9 Å². The first-order valence-electron chi connectivity index (χ1n) is 18.4. The van der Waals surface area contributed by atoms with Gasteiger partial charge in [0.2, 0.25) is 15.9 Å². The fraction of sp³-hybridized carbons (Fsp3) is 0.475. The molecule has 14 nitrogen and oxygen atoms in total. The zero-order valence-electron chi connectivity index (χ0n) is 32.0. The quantitative estimate of drug-likeness (QED) is 0.210. The summed E-state index contributed by atoms with van der Waals surface area (Å²) in [5.41, 5.74) is -0.384. The Hall–Kier alpha value is -5.18. The standard InChI is InChI=1S/C40H49N5O9S/c1-8-25-21-40(25,37(48)44-55(50,51)28-15-16-28)43-35(46)32-19-27(22-45(32)36(47)34(39(4,5)6)54-38(49)41-23(2)3)53-33-20-30(24-12-10-9-11-13-24)42-31-18-26(52-7)14-17-29(31)33/h8-14,17-18,20,23,25,27-28,32,34H,1,15-16,19,21-22H2,2-7H3,(H,41,49)(H,43,46)(H,44,48)/t25-,27-,32+,34?,40-/m1/s1. The van der Waals surface area contributed by atoms with E-state index < -0.39 is 74.2 Å². The van der Waals surface area contributed by atoms with Crippen LogP contribution in [0.15, 0.2) is 67.3 Å². The number of hydrogen-bond acceptors (Lipinski definition) is 10. The number of methoxy groups -OCH3 is 1. The van der Waals surface area contributed by atoms with Crippen molar-refractivity contribution in [3.05, 3.63) is 67.3 Å². The molecule has 294 valence electrons. The number of ether oxygens (including phenoxy) is 3. The van der Waals surface area contributed by atoms with E-state index in [4.69, 9.17) is 19.2 Å². The first-order chi connectivity index (χ1) is 25.9. The Labute approximate surface area is 321 Å². The zero-order chi connectivity index (χ0) is 39.9. The van der Waals surface area contributed by atoms with Gasteiger partial charge in [-0.25, -0.2) is 18.2 Å². The molecule has 5 atom stereocenters. The average Bonchev–Trinajstić information content (AvgIpc) is 4.06. The molecule has 3 N–H and O–H groups in total. The van der Waals surface area contributed by atoms with Crippen molar-refractivity contribution in [3.8, 4) is 22.8 Å². The zero-order valence-corrected chi connectivity index (χ0v) is 32.8. The van der Waals surface area contributed by atoms with Gasteiger partial charge in [-0.1, -0.05) is 57.2 Å². The van der Waals surface area contributed by atoms with Crippen LogP contribution in [0.1, 0.15) is 60.3 Å². The molecule has 3 fully saturated rings. The van der Waals surface area contributed by atoms with E-state index >= 15 is 0 Å². The van der Waals surface area contributed by atoms with Crippen LogP contribution in [-0.2, 0) is 29.1 Å². The largest absolute Gasteiger partial charge is 0.497 e. The molecule has 55 heavy (non-hydrogen) atoms. The number of likely N-dealkylation sites (tertiary alicyclic amines) is 1. The lowest BCUT2D eigenvalue weighted by Crippen LogP contribution is -2.58. The van der Waals surface area contributed by atoms with Gasteiger partial charge in [0, 0.05) is 46.9 Å². The second-order valence-electron chi connectivity index (χ2n) is 15.9. The number of pyridine rings is 1. The monoisotopic (exact) mass is 775 g/mol. The van der Waals surface area contributed by atoms with E-state index in [1.807, 2.05) is 36.4 Å². The Kier molecular flexibility index (Phi) is 10.9. The Balaban J connectivity index is 1.34. The molecule has 0 spiro atoms. The van der Waals surface area contributed by atoms with Crippen LogP contribution in [0.3, 0.4) is 0 Å². The van der Waals surface area contributed by atoms with E-state index in [0.29, 0.717) is 40.9 Å². The minimum atomic E-state index is -3.91. The predicted molar refractivity (Wildman–Crippen MR) is 206 cm³/mol. The fourth-order valence-corrected chi connectivity index (χ4v) is 8.22. The van der Waals surface area contributed by atoms with Gasteiger partial charge in [0.15, 0.2) is 6.10 Å². The minimum absolute atomic E-state index is 0.00406. The molecule has 2 heterocycles. The molecule has 1 aromatic heterocycles. The van der Waals surface area contributed by atoms with Crippen molar-refractivity contribution in [1.29, 1.82) is 0 Å². The highest BCUT2D eigenvalue weighted by atomic mass is 32.2. The number of carbonyl (C=O) groups is 4. The molecule has 2 saturated carbocycles. The highest BCUT2D eigenvalue weighted by molar-refractivity contribution is 7.91. The number of nitrogens with one attached hydrogen (secondary N) is 3. The van der Waals surface area contributed by atoms with Gasteiger partial charge in [0.25, 0.3) is 11.8 Å². The van der Waals surface area contributed by atoms with Gasteiger partial charge in [-0.15, -0.1) is 6.58 Å². The highest BCUT2D eigenvalue weighted by Gasteiger charge is 2.62. The van der Waals surface area contributed by atoms with Crippen LogP contribution >= 0.6 is 0 Å². The number of rotatable bonds is 13. The normalized spacial score (nSPS) is 22.7. The molecule has 2 aromatic carbocycles. The highest BCUT2D eigenvalue weighted by Crippen LogP contribution is 2.46. The molecule has 0 radical (unpaired) electrons. The van der Waals surface area contributed by atoms with Crippen LogP contribution in [0.2, 0.25) is 0 Å². The van der Waals surface area contributed by atoms with Crippen LogP contribution in [0.25, 0.3) is 22.2 Å². The van der Waals surface area contributed by atoms with Gasteiger partial charge in [-0.2, -0.15) is 0 Å². The van der Waals surface area contributed by atoms with E-state index in [1.54, 1.807) is 59.9 Å². The van der Waals surface area contributed by atoms with Gasteiger partial charge in [0.05, 0.1) is 30.1 Å². The topological polar surface area (TPSA) is 182 Å². The van der Waals surface area contributed by atoms with Gasteiger partial charge in [0.1, 0.15) is 29.2 Å². The van der Waals surface area contributed by atoms with Crippen molar-refractivity contribution in [3.63, 3.8) is 0 Å². The number of carbonyl (C=O) groups excluding carboxylic acids is 4. The van der Waals surface area contributed by atoms with Crippen LogP contribution in [0, 0.1) is 11.3 Å². The second-order valence-corrected chi connectivity index (χ2v) is 17.8. The lowest BCUT2D eigenvalue weighted by Gasteiger charge is -2.34. The first kappa shape index (κ1) is 39.5. The number of benzene rings is 2. The maximum Gasteiger partial charge on any atom is 0.408 e. The average molecular weight is 776 g/mol. The summed E-state index contributed by atoms with van der Waals surface area (Å²) >= 11 is 0. The van der Waals surface area contributed by atoms with E-state index in [-0.39, 0.29) is 25.4 Å². The summed E-state index contributed by atoms with van der Waals surface area (Å²) in [6.45, 7) is 12.5. The third-order valence-corrected chi connectivity index (χ3v) is 11.9. The molecule has 15 heteroatoms. The number of hydrogen-bond donors (Lipinski definition) is 3. The van der Waals surface area contributed by atoms with Crippen LogP contribution < -0.4 is 24.8 Å². The summed E-state index contributed by atoms with van der Waals surface area (Å²) in [7, 11) is -2.35. The van der Waals surface area contributed by atoms with E-state index in [2.05, 4.69) is 21.9 Å². The van der Waals surface area contributed by atoms with E-state index in [9.17, 15) is 27.6 Å². The van der Waals surface area contributed by atoms with Crippen molar-refractivity contribution < 1.29 is 41.8 Å².